The Morgan fingerprint density at radius 3 is 2.74 bits per heavy atom. The van der Waals surface area contributed by atoms with E-state index in [0.717, 1.165) is 39.1 Å². The van der Waals surface area contributed by atoms with Gasteiger partial charge in [-0.3, -0.25) is 14.6 Å². The van der Waals surface area contributed by atoms with Crippen LogP contribution in [-0.2, 0) is 4.79 Å². The number of likely N-dealkylation sites (N-methyl/N-ethyl adjacent to an activating group) is 1. The second-order valence-corrected chi connectivity index (χ2v) is 5.11. The van der Waals surface area contributed by atoms with Gasteiger partial charge in [-0.2, -0.15) is 0 Å². The first-order chi connectivity index (χ1) is 9.15. The van der Waals surface area contributed by atoms with Crippen molar-refractivity contribution in [3.63, 3.8) is 0 Å². The summed E-state index contributed by atoms with van der Waals surface area (Å²) in [7, 11) is 1.64. The lowest BCUT2D eigenvalue weighted by molar-refractivity contribution is -0.122. The highest BCUT2D eigenvalue weighted by molar-refractivity contribution is 5.77. The third kappa shape index (κ3) is 6.87. The fourth-order valence-corrected chi connectivity index (χ4v) is 2.38. The molecule has 1 rings (SSSR count). The van der Waals surface area contributed by atoms with Crippen molar-refractivity contribution in [1.82, 2.24) is 20.4 Å². The van der Waals surface area contributed by atoms with Crippen LogP contribution in [0.1, 0.15) is 13.3 Å². The van der Waals surface area contributed by atoms with Crippen molar-refractivity contribution >= 4 is 5.91 Å². The number of β-amino-alcohol motifs (C(OH)–C–C–N with tert-alkyl or cyclic N) is 1. The molecule has 0 saturated carbocycles. The Balaban J connectivity index is 2.32. The van der Waals surface area contributed by atoms with Crippen LogP contribution in [0, 0.1) is 0 Å². The molecule has 0 aromatic heterocycles. The number of aliphatic hydroxyl groups excluding tert-OH is 1. The first kappa shape index (κ1) is 16.4. The number of carbonyl (C=O) groups is 1. The minimum absolute atomic E-state index is 0.00261. The molecule has 0 bridgehead atoms. The second-order valence-electron chi connectivity index (χ2n) is 5.11. The molecule has 0 spiro atoms. The van der Waals surface area contributed by atoms with Crippen LogP contribution in [0.15, 0.2) is 0 Å². The van der Waals surface area contributed by atoms with Crippen molar-refractivity contribution in [3.05, 3.63) is 0 Å². The van der Waals surface area contributed by atoms with E-state index in [1.807, 2.05) is 4.90 Å². The molecule has 6 nitrogen and oxygen atoms in total. The van der Waals surface area contributed by atoms with Gasteiger partial charge in [-0.1, -0.05) is 6.92 Å². The minimum Gasteiger partial charge on any atom is -0.390 e. The van der Waals surface area contributed by atoms with Gasteiger partial charge >= 0.3 is 0 Å². The van der Waals surface area contributed by atoms with Crippen molar-refractivity contribution < 1.29 is 9.90 Å². The van der Waals surface area contributed by atoms with E-state index in [0.29, 0.717) is 19.6 Å². The van der Waals surface area contributed by atoms with Gasteiger partial charge in [0, 0.05) is 46.3 Å². The van der Waals surface area contributed by atoms with E-state index in [9.17, 15) is 9.90 Å². The normalized spacial score (nSPS) is 18.5. The molecule has 112 valence electrons. The number of piperazine rings is 1. The minimum atomic E-state index is -0.394. The molecule has 0 aromatic carbocycles. The molecule has 19 heavy (non-hydrogen) atoms. The van der Waals surface area contributed by atoms with Crippen LogP contribution >= 0.6 is 0 Å². The first-order valence-corrected chi connectivity index (χ1v) is 7.19. The molecule has 1 heterocycles. The van der Waals surface area contributed by atoms with E-state index in [1.54, 1.807) is 7.05 Å². The molecule has 1 atom stereocenters. The molecule has 1 fully saturated rings. The summed E-state index contributed by atoms with van der Waals surface area (Å²) in [5, 5.41) is 16.1. The van der Waals surface area contributed by atoms with Crippen LogP contribution in [0.25, 0.3) is 0 Å². The van der Waals surface area contributed by atoms with Gasteiger partial charge in [0.05, 0.1) is 12.6 Å². The molecule has 1 amide bonds. The van der Waals surface area contributed by atoms with Crippen molar-refractivity contribution in [2.75, 3.05) is 59.4 Å². The SMILES string of the molecule is CCCN(CC(=O)NC)CC(O)CN1CCNCC1. The highest BCUT2D eigenvalue weighted by Crippen LogP contribution is 2.00. The van der Waals surface area contributed by atoms with Crippen LogP contribution in [0.4, 0.5) is 0 Å². The van der Waals surface area contributed by atoms with Gasteiger partial charge in [0.15, 0.2) is 0 Å². The maximum Gasteiger partial charge on any atom is 0.233 e. The summed E-state index contributed by atoms with van der Waals surface area (Å²) in [5.74, 6) is 0.00261. The molecule has 1 saturated heterocycles. The Hall–Kier alpha value is -0.690. The standard InChI is InChI=1S/C13H28N4O2/c1-3-6-17(11-13(19)14-2)10-12(18)9-16-7-4-15-5-8-16/h12,15,18H,3-11H2,1-2H3,(H,14,19). The Morgan fingerprint density at radius 1 is 1.47 bits per heavy atom. The average Bonchev–Trinajstić information content (AvgIpc) is 2.39. The van der Waals surface area contributed by atoms with Gasteiger partial charge in [0.2, 0.25) is 5.91 Å². The van der Waals surface area contributed by atoms with Gasteiger partial charge in [-0.05, 0) is 13.0 Å². The zero-order valence-corrected chi connectivity index (χ0v) is 12.2. The Kier molecular flexibility index (Phi) is 7.97. The predicted octanol–water partition coefficient (Wildman–Crippen LogP) is -1.29. The lowest BCUT2D eigenvalue weighted by Crippen LogP contribution is -2.49. The lowest BCUT2D eigenvalue weighted by Gasteiger charge is -2.31. The van der Waals surface area contributed by atoms with E-state index in [1.165, 1.54) is 0 Å². The first-order valence-electron chi connectivity index (χ1n) is 7.19. The highest BCUT2D eigenvalue weighted by atomic mass is 16.3. The predicted molar refractivity (Wildman–Crippen MR) is 76.1 cm³/mol. The summed E-state index contributed by atoms with van der Waals surface area (Å²) in [6.45, 7) is 8.49. The molecule has 3 N–H and O–H groups in total. The monoisotopic (exact) mass is 272 g/mol. The fraction of sp³-hybridized carbons (Fsp3) is 0.923. The van der Waals surface area contributed by atoms with Gasteiger partial charge in [-0.15, -0.1) is 0 Å². The summed E-state index contributed by atoms with van der Waals surface area (Å²) in [6, 6.07) is 0. The fourth-order valence-electron chi connectivity index (χ4n) is 2.38. The van der Waals surface area contributed by atoms with E-state index in [-0.39, 0.29) is 5.91 Å². The summed E-state index contributed by atoms with van der Waals surface area (Å²) in [4.78, 5) is 15.7. The van der Waals surface area contributed by atoms with Crippen LogP contribution in [0.2, 0.25) is 0 Å². The zero-order valence-electron chi connectivity index (χ0n) is 12.2. The Labute approximate surface area is 116 Å². The maximum absolute atomic E-state index is 11.4. The van der Waals surface area contributed by atoms with E-state index >= 15 is 0 Å². The summed E-state index contributed by atoms with van der Waals surface area (Å²) < 4.78 is 0. The number of aliphatic hydroxyl groups is 1. The van der Waals surface area contributed by atoms with E-state index in [2.05, 4.69) is 22.5 Å². The van der Waals surface area contributed by atoms with Crippen LogP contribution < -0.4 is 10.6 Å². The molecular weight excluding hydrogens is 244 g/mol. The largest absolute Gasteiger partial charge is 0.390 e. The van der Waals surface area contributed by atoms with Crippen LogP contribution in [0.3, 0.4) is 0 Å². The quantitative estimate of drug-likeness (QED) is 0.513. The van der Waals surface area contributed by atoms with Crippen LogP contribution in [-0.4, -0.2) is 86.3 Å². The van der Waals surface area contributed by atoms with Crippen molar-refractivity contribution in [2.45, 2.75) is 19.4 Å². The van der Waals surface area contributed by atoms with Crippen LogP contribution in [0.5, 0.6) is 0 Å². The molecule has 1 unspecified atom stereocenters. The van der Waals surface area contributed by atoms with Gasteiger partial charge in [0.1, 0.15) is 0 Å². The third-order valence-electron chi connectivity index (χ3n) is 3.33. The molecular formula is C13H28N4O2. The molecule has 0 aliphatic carbocycles. The Morgan fingerprint density at radius 2 is 2.16 bits per heavy atom. The van der Waals surface area contributed by atoms with Crippen molar-refractivity contribution in [3.8, 4) is 0 Å². The number of hydrogen-bond donors (Lipinski definition) is 3. The highest BCUT2D eigenvalue weighted by Gasteiger charge is 2.18. The van der Waals surface area contributed by atoms with Crippen molar-refractivity contribution in [2.24, 2.45) is 0 Å². The third-order valence-corrected chi connectivity index (χ3v) is 3.33. The summed E-state index contributed by atoms with van der Waals surface area (Å²) in [6.07, 6.45) is 0.589. The number of hydrogen-bond acceptors (Lipinski definition) is 5. The molecule has 0 radical (unpaired) electrons. The van der Waals surface area contributed by atoms with E-state index < -0.39 is 6.10 Å². The molecule has 1 aliphatic heterocycles. The average molecular weight is 272 g/mol. The summed E-state index contributed by atoms with van der Waals surface area (Å²) in [5.41, 5.74) is 0. The number of amides is 1. The van der Waals surface area contributed by atoms with E-state index in [4.69, 9.17) is 0 Å². The topological polar surface area (TPSA) is 67.8 Å². The molecule has 0 aromatic rings. The molecule has 6 heteroatoms. The lowest BCUT2D eigenvalue weighted by atomic mass is 10.2. The number of nitrogens with zero attached hydrogens (tertiary/aromatic N) is 2. The van der Waals surface area contributed by atoms with Crippen molar-refractivity contribution in [1.29, 1.82) is 0 Å². The Bertz CT molecular complexity index is 257. The summed E-state index contributed by atoms with van der Waals surface area (Å²) >= 11 is 0. The molecule has 1 aliphatic rings. The van der Waals surface area contributed by atoms with Gasteiger partial charge < -0.3 is 15.7 Å². The number of carbonyl (C=O) groups excluding carboxylic acids is 1. The van der Waals surface area contributed by atoms with Gasteiger partial charge in [-0.25, -0.2) is 0 Å². The second kappa shape index (κ2) is 9.25. The number of rotatable bonds is 8. The number of nitrogens with one attached hydrogen (secondary N) is 2. The van der Waals surface area contributed by atoms with Gasteiger partial charge in [0.25, 0.3) is 0 Å². The smallest absolute Gasteiger partial charge is 0.233 e. The zero-order chi connectivity index (χ0) is 14.1. The maximum atomic E-state index is 11.4.